The summed E-state index contributed by atoms with van der Waals surface area (Å²) in [7, 11) is 1.21. The normalized spacial score (nSPS) is 31.0. The first-order valence-electron chi connectivity index (χ1n) is 7.74. The van der Waals surface area contributed by atoms with Gasteiger partial charge in [-0.25, -0.2) is 4.79 Å². The Balaban J connectivity index is 2.17. The smallest absolute Gasteiger partial charge is 0.346 e. The highest BCUT2D eigenvalue weighted by Crippen LogP contribution is 2.36. The maximum Gasteiger partial charge on any atom is 0.346 e. The van der Waals surface area contributed by atoms with Crippen molar-refractivity contribution < 1.29 is 28.6 Å². The van der Waals surface area contributed by atoms with E-state index in [1.54, 1.807) is 6.08 Å². The van der Waals surface area contributed by atoms with Gasteiger partial charge in [0.2, 0.25) is 5.78 Å². The molecule has 0 aliphatic carbocycles. The summed E-state index contributed by atoms with van der Waals surface area (Å²) in [6, 6.07) is 0. The quantitative estimate of drug-likeness (QED) is 0.438. The zero-order valence-corrected chi connectivity index (χ0v) is 13.9. The average Bonchev–Trinajstić information content (AvgIpc) is 2.99. The number of ether oxygens (including phenoxy) is 3. The first kappa shape index (κ1) is 17.2. The van der Waals surface area contributed by atoms with Gasteiger partial charge in [0.25, 0.3) is 0 Å². The molecule has 23 heavy (non-hydrogen) atoms. The number of allylic oxidation sites excluding steroid dienone is 1. The predicted octanol–water partition coefficient (Wildman–Crippen LogP) is 2.08. The van der Waals surface area contributed by atoms with Crippen LogP contribution in [0.2, 0.25) is 0 Å². The standard InChI is InChI=1S/C17H22O6/c1-5-10(2)9-17(3)7-6-11(23-17)14-15(19)12(22-16(14)20)8-13(18)21-4/h6-7,10,12H,5,8-9H2,1-4H3/b14-11+/t10?,12-,17-/m1/s1. The Hall–Kier alpha value is -2.11. The minimum atomic E-state index is -1.13. The van der Waals surface area contributed by atoms with Crippen LogP contribution in [0.4, 0.5) is 0 Å². The molecular weight excluding hydrogens is 300 g/mol. The lowest BCUT2D eigenvalue weighted by Gasteiger charge is -2.26. The molecule has 126 valence electrons. The molecule has 0 spiro atoms. The number of carbonyl (C=O) groups excluding carboxylic acids is 3. The van der Waals surface area contributed by atoms with Gasteiger partial charge in [0.05, 0.1) is 13.5 Å². The Morgan fingerprint density at radius 2 is 2.13 bits per heavy atom. The topological polar surface area (TPSA) is 78.9 Å². The van der Waals surface area contributed by atoms with E-state index in [-0.39, 0.29) is 17.8 Å². The van der Waals surface area contributed by atoms with E-state index in [0.29, 0.717) is 5.92 Å². The van der Waals surface area contributed by atoms with E-state index in [1.165, 1.54) is 7.11 Å². The van der Waals surface area contributed by atoms with Crippen LogP contribution in [0.1, 0.15) is 40.0 Å². The minimum absolute atomic E-state index is 0.122. The number of esters is 2. The van der Waals surface area contributed by atoms with Gasteiger partial charge >= 0.3 is 11.9 Å². The van der Waals surface area contributed by atoms with Gasteiger partial charge in [-0.2, -0.15) is 0 Å². The third kappa shape index (κ3) is 3.63. The lowest BCUT2D eigenvalue weighted by atomic mass is 9.92. The molecule has 0 aromatic carbocycles. The summed E-state index contributed by atoms with van der Waals surface area (Å²) in [5.74, 6) is -1.22. The van der Waals surface area contributed by atoms with Gasteiger partial charge in [-0.15, -0.1) is 0 Å². The van der Waals surface area contributed by atoms with E-state index in [4.69, 9.17) is 9.47 Å². The van der Waals surface area contributed by atoms with Crippen molar-refractivity contribution in [3.8, 4) is 0 Å². The molecule has 0 amide bonds. The van der Waals surface area contributed by atoms with Crippen molar-refractivity contribution in [3.63, 3.8) is 0 Å². The van der Waals surface area contributed by atoms with Crippen LogP contribution in [-0.4, -0.2) is 36.5 Å². The van der Waals surface area contributed by atoms with Gasteiger partial charge in [0, 0.05) is 0 Å². The first-order chi connectivity index (χ1) is 10.8. The van der Waals surface area contributed by atoms with Gasteiger partial charge in [-0.05, 0) is 31.4 Å². The monoisotopic (exact) mass is 322 g/mol. The number of carbonyl (C=O) groups is 3. The summed E-state index contributed by atoms with van der Waals surface area (Å²) in [5.41, 5.74) is -0.665. The molecule has 3 atom stereocenters. The molecule has 1 unspecified atom stereocenters. The number of ketones is 1. The van der Waals surface area contributed by atoms with Gasteiger partial charge in [-0.1, -0.05) is 20.3 Å². The van der Waals surface area contributed by atoms with E-state index in [0.717, 1.165) is 12.8 Å². The van der Waals surface area contributed by atoms with Crippen LogP contribution in [0.25, 0.3) is 0 Å². The Labute approximate surface area is 135 Å². The van der Waals surface area contributed by atoms with E-state index < -0.39 is 29.4 Å². The molecule has 0 radical (unpaired) electrons. The summed E-state index contributed by atoms with van der Waals surface area (Å²) in [5, 5.41) is 0. The molecule has 6 heteroatoms. The van der Waals surface area contributed by atoms with Crippen LogP contribution in [0.15, 0.2) is 23.5 Å². The summed E-state index contributed by atoms with van der Waals surface area (Å²) in [6.45, 7) is 6.14. The number of Topliss-reactive ketones (excluding diaryl/α,β-unsaturated/α-hetero) is 1. The summed E-state index contributed by atoms with van der Waals surface area (Å²) < 4.78 is 15.3. The molecule has 0 bridgehead atoms. The Kier molecular flexibility index (Phi) is 4.92. The molecule has 6 nitrogen and oxygen atoms in total. The highest BCUT2D eigenvalue weighted by Gasteiger charge is 2.44. The van der Waals surface area contributed by atoms with Crippen molar-refractivity contribution >= 4 is 17.7 Å². The van der Waals surface area contributed by atoms with E-state index in [2.05, 4.69) is 18.6 Å². The number of cyclic esters (lactones) is 1. The number of rotatable bonds is 5. The predicted molar refractivity (Wildman–Crippen MR) is 81.2 cm³/mol. The third-order valence-electron chi connectivity index (χ3n) is 4.20. The van der Waals surface area contributed by atoms with Crippen molar-refractivity contribution in [3.05, 3.63) is 23.5 Å². The molecule has 2 heterocycles. The van der Waals surface area contributed by atoms with Crippen molar-refractivity contribution in [2.45, 2.75) is 51.7 Å². The second-order valence-corrected chi connectivity index (χ2v) is 6.24. The molecule has 0 aromatic heterocycles. The van der Waals surface area contributed by atoms with Crippen molar-refractivity contribution in [1.82, 2.24) is 0 Å². The van der Waals surface area contributed by atoms with Crippen LogP contribution in [0, 0.1) is 5.92 Å². The van der Waals surface area contributed by atoms with Gasteiger partial charge in [-0.3, -0.25) is 9.59 Å². The Morgan fingerprint density at radius 3 is 2.74 bits per heavy atom. The van der Waals surface area contributed by atoms with Crippen LogP contribution in [0.5, 0.6) is 0 Å². The molecule has 2 aliphatic heterocycles. The summed E-state index contributed by atoms with van der Waals surface area (Å²) >= 11 is 0. The first-order valence-corrected chi connectivity index (χ1v) is 7.74. The molecule has 1 saturated heterocycles. The van der Waals surface area contributed by atoms with Crippen LogP contribution in [0.3, 0.4) is 0 Å². The lowest BCUT2D eigenvalue weighted by molar-refractivity contribution is -0.149. The number of methoxy groups -OCH3 is 1. The third-order valence-corrected chi connectivity index (χ3v) is 4.20. The van der Waals surface area contributed by atoms with E-state index >= 15 is 0 Å². The summed E-state index contributed by atoms with van der Waals surface area (Å²) in [6.07, 6.45) is 3.88. The zero-order chi connectivity index (χ0) is 17.2. The van der Waals surface area contributed by atoms with Gasteiger partial charge < -0.3 is 14.2 Å². The summed E-state index contributed by atoms with van der Waals surface area (Å²) in [4.78, 5) is 35.6. The van der Waals surface area contributed by atoms with Crippen LogP contribution >= 0.6 is 0 Å². The fraction of sp³-hybridized carbons (Fsp3) is 0.588. The van der Waals surface area contributed by atoms with E-state index in [1.807, 2.05) is 13.0 Å². The minimum Gasteiger partial charge on any atom is -0.482 e. The van der Waals surface area contributed by atoms with Gasteiger partial charge in [0.1, 0.15) is 16.9 Å². The SMILES string of the molecule is CCC(C)C[C@@]1(C)C=C/C(=C2\C(=O)O[C@H](CC(=O)OC)C2=O)O1. The second kappa shape index (κ2) is 6.56. The van der Waals surface area contributed by atoms with Crippen molar-refractivity contribution in [2.24, 2.45) is 5.92 Å². The van der Waals surface area contributed by atoms with Crippen molar-refractivity contribution in [1.29, 1.82) is 0 Å². The fourth-order valence-electron chi connectivity index (χ4n) is 2.75. The molecular formula is C17H22O6. The maximum absolute atomic E-state index is 12.3. The average molecular weight is 322 g/mol. The van der Waals surface area contributed by atoms with Crippen molar-refractivity contribution in [2.75, 3.05) is 7.11 Å². The molecule has 0 saturated carbocycles. The highest BCUT2D eigenvalue weighted by atomic mass is 16.6. The van der Waals surface area contributed by atoms with E-state index in [9.17, 15) is 14.4 Å². The zero-order valence-electron chi connectivity index (χ0n) is 13.9. The molecule has 2 rings (SSSR count). The Morgan fingerprint density at radius 1 is 1.43 bits per heavy atom. The second-order valence-electron chi connectivity index (χ2n) is 6.24. The molecule has 0 N–H and O–H groups in total. The fourth-order valence-corrected chi connectivity index (χ4v) is 2.75. The van der Waals surface area contributed by atoms with Crippen LogP contribution < -0.4 is 0 Å². The molecule has 1 fully saturated rings. The molecule has 0 aromatic rings. The number of hydrogen-bond acceptors (Lipinski definition) is 6. The maximum atomic E-state index is 12.3. The van der Waals surface area contributed by atoms with Gasteiger partial charge in [0.15, 0.2) is 6.10 Å². The number of hydrogen-bond donors (Lipinski definition) is 0. The lowest BCUT2D eigenvalue weighted by Crippen LogP contribution is -2.25. The molecule has 2 aliphatic rings. The highest BCUT2D eigenvalue weighted by molar-refractivity contribution is 6.24. The largest absolute Gasteiger partial charge is 0.482 e. The Bertz CT molecular complexity index is 588. The van der Waals surface area contributed by atoms with Crippen LogP contribution in [-0.2, 0) is 28.6 Å².